The quantitative estimate of drug-likeness (QED) is 0.918. The van der Waals surface area contributed by atoms with Gasteiger partial charge in [-0.15, -0.1) is 11.3 Å². The van der Waals surface area contributed by atoms with Gasteiger partial charge in [-0.3, -0.25) is 14.8 Å². The average Bonchev–Trinajstić information content (AvgIpc) is 3.06. The van der Waals surface area contributed by atoms with E-state index in [9.17, 15) is 5.11 Å². The fourth-order valence-corrected chi connectivity index (χ4v) is 3.54. The largest absolute Gasteiger partial charge is 0.386 e. The van der Waals surface area contributed by atoms with Crippen molar-refractivity contribution >= 4 is 11.3 Å². The lowest BCUT2D eigenvalue weighted by molar-refractivity contribution is 0.0711. The molecule has 3 rings (SSSR count). The van der Waals surface area contributed by atoms with Crippen molar-refractivity contribution in [2.45, 2.75) is 19.6 Å². The summed E-state index contributed by atoms with van der Waals surface area (Å²) in [6.07, 6.45) is 1.51. The molecule has 0 radical (unpaired) electrons. The molecule has 1 saturated heterocycles. The van der Waals surface area contributed by atoms with E-state index in [1.165, 1.54) is 11.3 Å². The molecule has 0 spiro atoms. The summed E-state index contributed by atoms with van der Waals surface area (Å²) in [5.41, 5.74) is 2.44. The molecule has 22 heavy (non-hydrogen) atoms. The smallest absolute Gasteiger partial charge is 0.101 e. The van der Waals surface area contributed by atoms with Crippen LogP contribution in [0.15, 0.2) is 35.8 Å². The van der Waals surface area contributed by atoms with Gasteiger partial charge in [0.1, 0.15) is 6.10 Å². The van der Waals surface area contributed by atoms with Gasteiger partial charge in [0.05, 0.1) is 5.69 Å². The maximum absolute atomic E-state index is 10.2. The Morgan fingerprint density at radius 1 is 1.18 bits per heavy atom. The molecule has 1 aliphatic heterocycles. The summed E-state index contributed by atoms with van der Waals surface area (Å²) in [6, 6.07) is 8.12. The number of hydrogen-bond acceptors (Lipinski definition) is 5. The van der Waals surface area contributed by atoms with Crippen molar-refractivity contribution in [2.24, 2.45) is 0 Å². The van der Waals surface area contributed by atoms with Gasteiger partial charge in [0.2, 0.25) is 0 Å². The number of thiophene rings is 1. The number of hydrogen-bond donors (Lipinski definition) is 1. The second-order valence-corrected chi connectivity index (χ2v) is 6.85. The van der Waals surface area contributed by atoms with Crippen LogP contribution < -0.4 is 0 Å². The molecule has 0 bridgehead atoms. The van der Waals surface area contributed by atoms with Crippen LogP contribution in [0, 0.1) is 6.92 Å². The van der Waals surface area contributed by atoms with Crippen molar-refractivity contribution in [1.29, 1.82) is 0 Å². The number of piperazine rings is 1. The molecular formula is C17H23N3OS. The predicted molar refractivity (Wildman–Crippen MR) is 90.0 cm³/mol. The van der Waals surface area contributed by atoms with Crippen LogP contribution in [0.4, 0.5) is 0 Å². The number of nitrogens with zero attached hydrogens (tertiary/aromatic N) is 3. The van der Waals surface area contributed by atoms with Crippen LogP contribution in [0.1, 0.15) is 22.2 Å². The molecule has 2 aromatic rings. The van der Waals surface area contributed by atoms with Crippen molar-refractivity contribution in [3.63, 3.8) is 0 Å². The molecule has 1 atom stereocenters. The number of pyridine rings is 1. The zero-order valence-corrected chi connectivity index (χ0v) is 13.8. The third-order valence-electron chi connectivity index (χ3n) is 4.26. The van der Waals surface area contributed by atoms with Gasteiger partial charge in [0, 0.05) is 50.3 Å². The van der Waals surface area contributed by atoms with Gasteiger partial charge >= 0.3 is 0 Å². The Kier molecular flexibility index (Phi) is 5.20. The first-order valence-corrected chi connectivity index (χ1v) is 8.67. The molecule has 3 heterocycles. The summed E-state index contributed by atoms with van der Waals surface area (Å²) in [6.45, 7) is 7.86. The van der Waals surface area contributed by atoms with Gasteiger partial charge in [-0.05, 0) is 30.0 Å². The Balaban J connectivity index is 1.47. The fourth-order valence-electron chi connectivity index (χ4n) is 2.84. The van der Waals surface area contributed by atoms with Crippen LogP contribution in [-0.2, 0) is 6.54 Å². The Bertz CT molecular complexity index is 579. The number of aliphatic hydroxyl groups is 1. The lowest BCUT2D eigenvalue weighted by Gasteiger charge is -2.35. The van der Waals surface area contributed by atoms with Crippen LogP contribution in [0.25, 0.3) is 0 Å². The summed E-state index contributed by atoms with van der Waals surface area (Å²) in [5.74, 6) is 0. The molecule has 1 fully saturated rings. The summed E-state index contributed by atoms with van der Waals surface area (Å²) in [7, 11) is 0. The molecule has 0 aromatic carbocycles. The third kappa shape index (κ3) is 3.93. The number of aryl methyl sites for hydroxylation is 1. The highest BCUT2D eigenvalue weighted by Crippen LogP contribution is 2.20. The summed E-state index contributed by atoms with van der Waals surface area (Å²) < 4.78 is 0. The minimum absolute atomic E-state index is 0.357. The molecule has 0 amide bonds. The molecule has 0 saturated carbocycles. The summed E-state index contributed by atoms with van der Waals surface area (Å²) in [5, 5.41) is 12.3. The van der Waals surface area contributed by atoms with Gasteiger partial charge in [0.15, 0.2) is 0 Å². The molecule has 4 nitrogen and oxygen atoms in total. The van der Waals surface area contributed by atoms with E-state index in [2.05, 4.69) is 27.8 Å². The lowest BCUT2D eigenvalue weighted by atomic mass is 10.2. The molecule has 118 valence electrons. The first-order chi connectivity index (χ1) is 10.7. The SMILES string of the molecule is Cc1cccnc1CN1CCN(C[C@@H](O)c2cccs2)CC1. The Morgan fingerprint density at radius 2 is 1.95 bits per heavy atom. The summed E-state index contributed by atoms with van der Waals surface area (Å²) in [4.78, 5) is 10.3. The van der Waals surface area contributed by atoms with E-state index in [4.69, 9.17) is 0 Å². The van der Waals surface area contributed by atoms with E-state index in [0.29, 0.717) is 0 Å². The van der Waals surface area contributed by atoms with Crippen molar-refractivity contribution < 1.29 is 5.11 Å². The van der Waals surface area contributed by atoms with Gasteiger partial charge in [-0.25, -0.2) is 0 Å². The lowest BCUT2D eigenvalue weighted by Crippen LogP contribution is -2.47. The topological polar surface area (TPSA) is 39.6 Å². The fraction of sp³-hybridized carbons (Fsp3) is 0.471. The van der Waals surface area contributed by atoms with Crippen LogP contribution in [0.2, 0.25) is 0 Å². The maximum atomic E-state index is 10.2. The highest BCUT2D eigenvalue weighted by Gasteiger charge is 2.20. The molecule has 5 heteroatoms. The first kappa shape index (κ1) is 15.6. The zero-order valence-electron chi connectivity index (χ0n) is 13.0. The molecule has 1 N–H and O–H groups in total. The van der Waals surface area contributed by atoms with E-state index in [1.807, 2.05) is 29.8 Å². The van der Waals surface area contributed by atoms with E-state index in [-0.39, 0.29) is 6.10 Å². The van der Waals surface area contributed by atoms with Crippen molar-refractivity contribution in [2.75, 3.05) is 32.7 Å². The molecular weight excluding hydrogens is 294 g/mol. The molecule has 1 aliphatic rings. The average molecular weight is 317 g/mol. The minimum Gasteiger partial charge on any atom is -0.386 e. The van der Waals surface area contributed by atoms with Crippen LogP contribution >= 0.6 is 11.3 Å². The Labute approximate surface area is 136 Å². The number of rotatable bonds is 5. The van der Waals surface area contributed by atoms with Gasteiger partial charge < -0.3 is 5.11 Å². The summed E-state index contributed by atoms with van der Waals surface area (Å²) >= 11 is 1.63. The predicted octanol–water partition coefficient (Wildman–Crippen LogP) is 2.30. The van der Waals surface area contributed by atoms with Crippen LogP contribution in [0.5, 0.6) is 0 Å². The van der Waals surface area contributed by atoms with Crippen molar-refractivity contribution in [3.8, 4) is 0 Å². The van der Waals surface area contributed by atoms with Gasteiger partial charge in [-0.1, -0.05) is 12.1 Å². The Morgan fingerprint density at radius 3 is 2.64 bits per heavy atom. The van der Waals surface area contributed by atoms with Crippen molar-refractivity contribution in [3.05, 3.63) is 52.0 Å². The van der Waals surface area contributed by atoms with Crippen LogP contribution in [-0.4, -0.2) is 52.6 Å². The van der Waals surface area contributed by atoms with E-state index >= 15 is 0 Å². The molecule has 0 aliphatic carbocycles. The minimum atomic E-state index is -0.357. The van der Waals surface area contributed by atoms with E-state index in [0.717, 1.165) is 44.1 Å². The molecule has 2 aromatic heterocycles. The monoisotopic (exact) mass is 317 g/mol. The first-order valence-electron chi connectivity index (χ1n) is 7.79. The second kappa shape index (κ2) is 7.33. The van der Waals surface area contributed by atoms with Crippen LogP contribution in [0.3, 0.4) is 0 Å². The van der Waals surface area contributed by atoms with E-state index < -0.39 is 0 Å². The number of aromatic nitrogens is 1. The third-order valence-corrected chi connectivity index (χ3v) is 5.23. The maximum Gasteiger partial charge on any atom is 0.101 e. The number of β-amino-alcohol motifs (C(OH)–C–C–N with tert-alkyl or cyclic N) is 1. The number of aliphatic hydroxyl groups excluding tert-OH is 1. The highest BCUT2D eigenvalue weighted by molar-refractivity contribution is 7.10. The standard InChI is InChI=1S/C17H23N3OS/c1-14-4-2-6-18-15(14)12-19-7-9-20(10-8-19)13-16(21)17-5-3-11-22-17/h2-6,11,16,21H,7-10,12-13H2,1H3/t16-/m1/s1. The zero-order chi connectivity index (χ0) is 15.4. The second-order valence-electron chi connectivity index (χ2n) is 5.87. The highest BCUT2D eigenvalue weighted by atomic mass is 32.1. The normalized spacial score (nSPS) is 18.5. The van der Waals surface area contributed by atoms with Crippen molar-refractivity contribution in [1.82, 2.24) is 14.8 Å². The van der Waals surface area contributed by atoms with Gasteiger partial charge in [0.25, 0.3) is 0 Å². The Hall–Kier alpha value is -1.27. The van der Waals surface area contributed by atoms with E-state index in [1.54, 1.807) is 11.3 Å². The van der Waals surface area contributed by atoms with Gasteiger partial charge in [-0.2, -0.15) is 0 Å². The molecule has 0 unspecified atom stereocenters.